The Balaban J connectivity index is 3.32. The van der Waals surface area contributed by atoms with Gasteiger partial charge in [0.2, 0.25) is 0 Å². The molecule has 1 nitrogen and oxygen atoms in total. The van der Waals surface area contributed by atoms with Crippen LogP contribution in [-0.2, 0) is 0 Å². The maximum absolute atomic E-state index is 5.77. The van der Waals surface area contributed by atoms with Gasteiger partial charge in [0.25, 0.3) is 0 Å². The van der Waals surface area contributed by atoms with Gasteiger partial charge in [0.1, 0.15) is 0 Å². The molecule has 0 aliphatic carbocycles. The first-order valence-corrected chi connectivity index (χ1v) is 4.35. The molecule has 0 saturated carbocycles. The van der Waals surface area contributed by atoms with Gasteiger partial charge in [0.05, 0.1) is 20.9 Å². The summed E-state index contributed by atoms with van der Waals surface area (Å²) in [6.07, 6.45) is 0. The third-order valence-electron chi connectivity index (χ3n) is 1.40. The van der Waals surface area contributed by atoms with Crippen LogP contribution >= 0.6 is 35.4 Å². The van der Waals surface area contributed by atoms with Crippen LogP contribution < -0.4 is 0 Å². The second kappa shape index (κ2) is 4.01. The Morgan fingerprint density at radius 3 is 2.50 bits per heavy atom. The number of rotatable bonds is 1. The fourth-order valence-corrected chi connectivity index (χ4v) is 1.28. The molecule has 0 atom stereocenters. The lowest BCUT2D eigenvalue weighted by Gasteiger charge is -2.00. The van der Waals surface area contributed by atoms with Crippen LogP contribution in [0.5, 0.6) is 0 Å². The Morgan fingerprint density at radius 1 is 1.33 bits per heavy atom. The van der Waals surface area contributed by atoms with Gasteiger partial charge in [-0.05, 0) is 36.8 Å². The van der Waals surface area contributed by atoms with E-state index in [0.29, 0.717) is 15.7 Å². The minimum absolute atomic E-state index is 0.478. The van der Waals surface area contributed by atoms with Crippen molar-refractivity contribution in [3.05, 3.63) is 27.7 Å². The topological polar surface area (TPSA) is 12.4 Å². The van der Waals surface area contributed by atoms with E-state index in [-0.39, 0.29) is 0 Å². The van der Waals surface area contributed by atoms with Crippen LogP contribution in [0.4, 0.5) is 5.69 Å². The van der Waals surface area contributed by atoms with Crippen molar-refractivity contribution in [1.29, 1.82) is 0 Å². The molecule has 0 aliphatic heterocycles. The van der Waals surface area contributed by atoms with E-state index in [0.717, 1.165) is 5.56 Å². The summed E-state index contributed by atoms with van der Waals surface area (Å²) >= 11 is 16.0. The second-order valence-electron chi connectivity index (χ2n) is 2.26. The van der Waals surface area contributed by atoms with E-state index >= 15 is 0 Å². The summed E-state index contributed by atoms with van der Waals surface area (Å²) in [5, 5.41) is 3.28. The van der Waals surface area contributed by atoms with Crippen molar-refractivity contribution in [2.24, 2.45) is 4.99 Å². The number of hydrogen-bond acceptors (Lipinski definition) is 2. The molecule has 0 amide bonds. The molecular weight excluding hydrogens is 213 g/mol. The van der Waals surface area contributed by atoms with E-state index in [1.165, 1.54) is 0 Å². The molecule has 12 heavy (non-hydrogen) atoms. The van der Waals surface area contributed by atoms with Crippen molar-refractivity contribution in [1.82, 2.24) is 0 Å². The summed E-state index contributed by atoms with van der Waals surface area (Å²) in [5.74, 6) is 0. The van der Waals surface area contributed by atoms with Crippen LogP contribution in [0, 0.1) is 6.92 Å². The number of benzene rings is 1. The van der Waals surface area contributed by atoms with E-state index in [4.69, 9.17) is 23.2 Å². The fourth-order valence-electron chi connectivity index (χ4n) is 0.805. The zero-order valence-electron chi connectivity index (χ0n) is 6.27. The largest absolute Gasteiger partial charge is 0.194 e. The molecule has 0 fully saturated rings. The SMILES string of the molecule is Cc1cc(Cl)c(Cl)cc1N=C=S. The van der Waals surface area contributed by atoms with E-state index in [2.05, 4.69) is 22.4 Å². The molecule has 1 aromatic carbocycles. The van der Waals surface area contributed by atoms with Gasteiger partial charge in [-0.15, -0.1) is 0 Å². The molecule has 0 N–H and O–H groups in total. The van der Waals surface area contributed by atoms with Crippen LogP contribution in [0.3, 0.4) is 0 Å². The van der Waals surface area contributed by atoms with Gasteiger partial charge in [-0.2, -0.15) is 4.99 Å². The zero-order valence-corrected chi connectivity index (χ0v) is 8.59. The average Bonchev–Trinajstić information content (AvgIpc) is 2.01. The number of nitrogens with zero attached hydrogens (tertiary/aromatic N) is 1. The normalized spacial score (nSPS) is 9.25. The highest BCUT2D eigenvalue weighted by Crippen LogP contribution is 2.29. The fraction of sp³-hybridized carbons (Fsp3) is 0.125. The highest BCUT2D eigenvalue weighted by atomic mass is 35.5. The molecule has 0 saturated heterocycles. The summed E-state index contributed by atoms with van der Waals surface area (Å²) in [6, 6.07) is 3.41. The lowest BCUT2D eigenvalue weighted by Crippen LogP contribution is -1.75. The second-order valence-corrected chi connectivity index (χ2v) is 3.25. The smallest absolute Gasteiger partial charge is 0.0784 e. The number of aliphatic imine (C=N–C) groups is 1. The first-order valence-electron chi connectivity index (χ1n) is 3.18. The first kappa shape index (κ1) is 9.69. The predicted octanol–water partition coefficient (Wildman–Crippen LogP) is 4.04. The van der Waals surface area contributed by atoms with Crippen LogP contribution in [0.1, 0.15) is 5.56 Å². The Morgan fingerprint density at radius 2 is 1.92 bits per heavy atom. The third-order valence-corrected chi connectivity index (χ3v) is 2.22. The summed E-state index contributed by atoms with van der Waals surface area (Å²) in [5.41, 5.74) is 1.64. The lowest BCUT2D eigenvalue weighted by molar-refractivity contribution is 1.41. The zero-order chi connectivity index (χ0) is 9.14. The highest BCUT2D eigenvalue weighted by Gasteiger charge is 2.02. The molecule has 62 valence electrons. The van der Waals surface area contributed by atoms with E-state index in [1.807, 2.05) is 6.92 Å². The minimum atomic E-state index is 0.478. The van der Waals surface area contributed by atoms with Gasteiger partial charge in [0.15, 0.2) is 0 Å². The molecule has 0 spiro atoms. The van der Waals surface area contributed by atoms with Gasteiger partial charge < -0.3 is 0 Å². The maximum atomic E-state index is 5.77. The highest BCUT2D eigenvalue weighted by molar-refractivity contribution is 7.78. The van der Waals surface area contributed by atoms with Crippen LogP contribution in [0.2, 0.25) is 10.0 Å². The van der Waals surface area contributed by atoms with Gasteiger partial charge in [-0.25, -0.2) is 0 Å². The van der Waals surface area contributed by atoms with Crippen LogP contribution in [0.15, 0.2) is 17.1 Å². The number of thiocarbonyl (C=S) groups is 1. The summed E-state index contributed by atoms with van der Waals surface area (Å²) < 4.78 is 0. The van der Waals surface area contributed by atoms with Crippen LogP contribution in [-0.4, -0.2) is 5.16 Å². The Hall–Kier alpha value is -0.400. The van der Waals surface area contributed by atoms with Gasteiger partial charge in [-0.1, -0.05) is 23.2 Å². The number of halogens is 2. The lowest BCUT2D eigenvalue weighted by atomic mass is 10.2. The van der Waals surface area contributed by atoms with E-state index in [9.17, 15) is 0 Å². The predicted molar refractivity (Wildman–Crippen MR) is 55.9 cm³/mol. The molecule has 0 heterocycles. The number of aryl methyl sites for hydroxylation is 1. The van der Waals surface area contributed by atoms with Crippen molar-refractivity contribution >= 4 is 46.3 Å². The Kier molecular flexibility index (Phi) is 3.24. The van der Waals surface area contributed by atoms with Crippen molar-refractivity contribution < 1.29 is 0 Å². The molecule has 0 aliphatic rings. The third kappa shape index (κ3) is 2.05. The molecular formula is C8H5Cl2NS. The average molecular weight is 218 g/mol. The van der Waals surface area contributed by atoms with E-state index in [1.54, 1.807) is 12.1 Å². The van der Waals surface area contributed by atoms with Crippen molar-refractivity contribution in [3.8, 4) is 0 Å². The number of isothiocyanates is 1. The maximum Gasteiger partial charge on any atom is 0.0784 e. The molecule has 1 aromatic rings. The molecule has 0 radical (unpaired) electrons. The molecule has 0 bridgehead atoms. The summed E-state index contributed by atoms with van der Waals surface area (Å²) in [7, 11) is 0. The number of hydrogen-bond donors (Lipinski definition) is 0. The van der Waals surface area contributed by atoms with Crippen molar-refractivity contribution in [2.75, 3.05) is 0 Å². The molecule has 0 unspecified atom stereocenters. The van der Waals surface area contributed by atoms with Crippen molar-refractivity contribution in [2.45, 2.75) is 6.92 Å². The molecule has 4 heteroatoms. The van der Waals surface area contributed by atoms with Crippen LogP contribution in [0.25, 0.3) is 0 Å². The monoisotopic (exact) mass is 217 g/mol. The van der Waals surface area contributed by atoms with E-state index < -0.39 is 0 Å². The van der Waals surface area contributed by atoms with Gasteiger partial charge >= 0.3 is 0 Å². The first-order chi connectivity index (χ1) is 5.65. The molecule has 1 rings (SSSR count). The van der Waals surface area contributed by atoms with Gasteiger partial charge in [-0.3, -0.25) is 0 Å². The standard InChI is InChI=1S/C8H5Cl2NS/c1-5-2-6(9)7(10)3-8(5)11-4-12/h2-3H,1H3. The molecule has 0 aromatic heterocycles. The quantitative estimate of drug-likeness (QED) is 0.511. The van der Waals surface area contributed by atoms with Gasteiger partial charge in [0, 0.05) is 0 Å². The Labute approximate surface area is 86.0 Å². The minimum Gasteiger partial charge on any atom is -0.194 e. The summed E-state index contributed by atoms with van der Waals surface area (Å²) in [6.45, 7) is 1.88. The van der Waals surface area contributed by atoms with Crippen molar-refractivity contribution in [3.63, 3.8) is 0 Å². The Bertz CT molecular complexity index is 356. The summed E-state index contributed by atoms with van der Waals surface area (Å²) in [4.78, 5) is 3.83.